The zero-order valence-corrected chi connectivity index (χ0v) is 14.0. The van der Waals surface area contributed by atoms with Crippen LogP contribution in [0.5, 0.6) is 0 Å². The van der Waals surface area contributed by atoms with E-state index in [4.69, 9.17) is 24.5 Å². The van der Waals surface area contributed by atoms with Gasteiger partial charge in [-0.1, -0.05) is 29.7 Å². The summed E-state index contributed by atoms with van der Waals surface area (Å²) >= 11 is 6.93. The lowest BCUT2D eigenvalue weighted by molar-refractivity contribution is 0.245. The van der Waals surface area contributed by atoms with Gasteiger partial charge in [-0.2, -0.15) is 0 Å². The number of carbonyl (C=O) groups excluding carboxylic acids is 1. The number of nitrogens with one attached hydrogen (secondary N) is 2. The van der Waals surface area contributed by atoms with Gasteiger partial charge in [0.2, 0.25) is 0 Å². The molecule has 1 aromatic carbocycles. The highest BCUT2D eigenvalue weighted by Gasteiger charge is 2.29. The van der Waals surface area contributed by atoms with E-state index in [0.717, 1.165) is 16.9 Å². The number of terminal acetylenes is 1. The van der Waals surface area contributed by atoms with E-state index in [9.17, 15) is 4.79 Å². The minimum absolute atomic E-state index is 0.130. The number of amides is 2. The van der Waals surface area contributed by atoms with E-state index < -0.39 is 11.4 Å². The normalized spacial score (nSPS) is 13.6. The molecule has 3 N–H and O–H groups in total. The molecule has 0 spiro atoms. The molecule has 0 saturated heterocycles. The minimum Gasteiger partial charge on any atom is -0.395 e. The van der Waals surface area contributed by atoms with Crippen LogP contribution < -0.4 is 10.6 Å². The van der Waals surface area contributed by atoms with Gasteiger partial charge < -0.3 is 10.4 Å². The zero-order valence-electron chi connectivity index (χ0n) is 13.4. The fourth-order valence-corrected chi connectivity index (χ4v) is 2.74. The Bertz CT molecular complexity index is 773. The van der Waals surface area contributed by atoms with Crippen molar-refractivity contribution >= 4 is 34.1 Å². The number of carbonyl (C=O) groups is 1. The lowest BCUT2D eigenvalue weighted by atomic mass is 9.81. The van der Waals surface area contributed by atoms with Crippen LogP contribution in [0.25, 0.3) is 0 Å². The third-order valence-corrected chi connectivity index (χ3v) is 4.19. The van der Waals surface area contributed by atoms with Crippen molar-refractivity contribution in [3.05, 3.63) is 45.9 Å². The monoisotopic (exact) mass is 350 g/mol. The van der Waals surface area contributed by atoms with Gasteiger partial charge in [-0.15, -0.1) is 17.8 Å². The summed E-state index contributed by atoms with van der Waals surface area (Å²) in [7, 11) is 0. The first-order valence-corrected chi connectivity index (χ1v) is 7.97. The third kappa shape index (κ3) is 4.02. The number of aliphatic hydroxyl groups is 1. The predicted molar refractivity (Wildman–Crippen MR) is 93.0 cm³/mol. The molecule has 0 unspecified atom stereocenters. The standard InChI is InChI=1S/C16H16ClN3O2S/c1-3-16(2,11-4-6-12(17)7-5-11)13-10-23-15(19-13)20-14(22)18-8-9-21/h1,4-7,10,21H,8-9H2,2H3,(H2,18,19,20,22)/t16-/m1/s1/i10D. The van der Waals surface area contributed by atoms with Gasteiger partial charge in [-0.3, -0.25) is 5.32 Å². The van der Waals surface area contributed by atoms with E-state index in [2.05, 4.69) is 21.5 Å². The number of aliphatic hydroxyl groups excluding tert-OH is 1. The maximum absolute atomic E-state index is 11.6. The molecule has 1 atom stereocenters. The number of halogens is 1. The number of thiazole rings is 1. The quantitative estimate of drug-likeness (QED) is 0.726. The molecule has 5 nitrogen and oxygen atoms in total. The number of benzene rings is 1. The van der Waals surface area contributed by atoms with Crippen molar-refractivity contribution in [2.45, 2.75) is 12.3 Å². The van der Waals surface area contributed by atoms with Crippen LogP contribution >= 0.6 is 22.9 Å². The maximum atomic E-state index is 11.6. The Balaban J connectivity index is 2.31. The SMILES string of the molecule is [2H]c1sc(NC(=O)NCCO)nc1[C@](C)(C#C)c1ccc(Cl)cc1. The van der Waals surface area contributed by atoms with Gasteiger partial charge in [-0.25, -0.2) is 9.78 Å². The Morgan fingerprint density at radius 2 is 2.26 bits per heavy atom. The second kappa shape index (κ2) is 7.47. The minimum atomic E-state index is -0.917. The molecule has 0 saturated carbocycles. The molecule has 0 radical (unpaired) electrons. The van der Waals surface area contributed by atoms with Gasteiger partial charge in [-0.05, 0) is 24.6 Å². The van der Waals surface area contributed by atoms with Gasteiger partial charge >= 0.3 is 6.03 Å². The topological polar surface area (TPSA) is 74.2 Å². The van der Waals surface area contributed by atoms with E-state index in [-0.39, 0.29) is 23.6 Å². The summed E-state index contributed by atoms with van der Waals surface area (Å²) in [6.45, 7) is 1.76. The number of anilines is 1. The first-order valence-electron chi connectivity index (χ1n) is 7.28. The van der Waals surface area contributed by atoms with Crippen LogP contribution in [0.4, 0.5) is 9.93 Å². The summed E-state index contributed by atoms with van der Waals surface area (Å²) in [5, 5.41) is 14.7. The van der Waals surface area contributed by atoms with E-state index in [1.807, 2.05) is 0 Å². The highest BCUT2D eigenvalue weighted by Crippen LogP contribution is 2.33. The molecule has 23 heavy (non-hydrogen) atoms. The van der Waals surface area contributed by atoms with E-state index in [1.165, 1.54) is 0 Å². The molecule has 0 aliphatic rings. The number of hydrogen-bond acceptors (Lipinski definition) is 4. The average molecular weight is 351 g/mol. The molecular formula is C16H16ClN3O2S. The van der Waals surface area contributed by atoms with E-state index in [1.54, 1.807) is 31.2 Å². The molecule has 2 aromatic rings. The predicted octanol–water partition coefficient (Wildman–Crippen LogP) is 2.85. The highest BCUT2D eigenvalue weighted by atomic mass is 35.5. The molecule has 1 aromatic heterocycles. The molecule has 120 valence electrons. The van der Waals surface area contributed by atoms with Crippen molar-refractivity contribution in [3.63, 3.8) is 0 Å². The molecule has 0 aliphatic heterocycles. The average Bonchev–Trinajstić information content (AvgIpc) is 2.93. The fraction of sp³-hybridized carbons (Fsp3) is 0.250. The zero-order chi connectivity index (χ0) is 17.7. The molecule has 2 amide bonds. The number of hydrogen-bond donors (Lipinski definition) is 3. The summed E-state index contributed by atoms with van der Waals surface area (Å²) in [6, 6.07) is 6.54. The van der Waals surface area contributed by atoms with Crippen LogP contribution in [0.3, 0.4) is 0 Å². The number of aromatic nitrogens is 1. The molecule has 2 rings (SSSR count). The molecule has 1 heterocycles. The molecule has 0 fully saturated rings. The highest BCUT2D eigenvalue weighted by molar-refractivity contribution is 7.14. The van der Waals surface area contributed by atoms with Crippen molar-refractivity contribution in [1.82, 2.24) is 10.3 Å². The van der Waals surface area contributed by atoms with Crippen LogP contribution in [0.15, 0.2) is 29.6 Å². The summed E-state index contributed by atoms with van der Waals surface area (Å²) in [6.07, 6.45) is 5.73. The molecule has 0 bridgehead atoms. The third-order valence-electron chi connectivity index (χ3n) is 3.26. The van der Waals surface area contributed by atoms with Crippen LogP contribution in [0.1, 0.15) is 19.6 Å². The fourth-order valence-electron chi connectivity index (χ4n) is 1.89. The van der Waals surface area contributed by atoms with Crippen molar-refractivity contribution < 1.29 is 11.3 Å². The van der Waals surface area contributed by atoms with Crippen LogP contribution in [0.2, 0.25) is 5.02 Å². The summed E-state index contributed by atoms with van der Waals surface area (Å²) in [5.41, 5.74) is 0.249. The van der Waals surface area contributed by atoms with Gasteiger partial charge in [0.15, 0.2) is 5.13 Å². The Morgan fingerprint density at radius 3 is 2.87 bits per heavy atom. The van der Waals surface area contributed by atoms with Crippen molar-refractivity contribution in [1.29, 1.82) is 0 Å². The number of nitrogens with zero attached hydrogens (tertiary/aromatic N) is 1. The van der Waals surface area contributed by atoms with Gasteiger partial charge in [0.25, 0.3) is 0 Å². The van der Waals surface area contributed by atoms with Gasteiger partial charge in [0.1, 0.15) is 0 Å². The Kier molecular flexibility index (Phi) is 5.13. The van der Waals surface area contributed by atoms with Crippen molar-refractivity contribution in [2.75, 3.05) is 18.5 Å². The molecule has 0 aliphatic carbocycles. The Morgan fingerprint density at radius 1 is 1.57 bits per heavy atom. The summed E-state index contributed by atoms with van der Waals surface area (Å²) < 4.78 is 8.15. The lowest BCUT2D eigenvalue weighted by Crippen LogP contribution is -2.31. The van der Waals surface area contributed by atoms with Gasteiger partial charge in [0.05, 0.1) is 19.1 Å². The summed E-state index contributed by atoms with van der Waals surface area (Å²) in [4.78, 5) is 16.0. The first-order chi connectivity index (χ1) is 11.4. The second-order valence-corrected chi connectivity index (χ2v) is 6.08. The van der Waals surface area contributed by atoms with Crippen LogP contribution in [0, 0.1) is 12.3 Å². The van der Waals surface area contributed by atoms with E-state index >= 15 is 0 Å². The number of rotatable bonds is 5. The maximum Gasteiger partial charge on any atom is 0.321 e. The van der Waals surface area contributed by atoms with Crippen LogP contribution in [-0.2, 0) is 5.41 Å². The van der Waals surface area contributed by atoms with Crippen molar-refractivity contribution in [3.8, 4) is 12.3 Å². The Labute approximate surface area is 145 Å². The summed E-state index contributed by atoms with van der Waals surface area (Å²) in [5.74, 6) is 2.69. The van der Waals surface area contributed by atoms with Crippen molar-refractivity contribution in [2.24, 2.45) is 0 Å². The van der Waals surface area contributed by atoms with Gasteiger partial charge in [0, 0.05) is 16.9 Å². The smallest absolute Gasteiger partial charge is 0.321 e. The van der Waals surface area contributed by atoms with Crippen LogP contribution in [-0.4, -0.2) is 29.3 Å². The lowest BCUT2D eigenvalue weighted by Gasteiger charge is -2.22. The molecular weight excluding hydrogens is 334 g/mol. The first kappa shape index (κ1) is 15.8. The Hall–Kier alpha value is -2.07. The number of urea groups is 1. The second-order valence-electron chi connectivity index (χ2n) is 4.85. The van der Waals surface area contributed by atoms with E-state index in [0.29, 0.717) is 10.7 Å². The largest absolute Gasteiger partial charge is 0.395 e. The molecule has 7 heteroatoms.